The van der Waals surface area contributed by atoms with Crippen LogP contribution < -0.4 is 16.0 Å². The van der Waals surface area contributed by atoms with Gasteiger partial charge in [-0.05, 0) is 23.8 Å². The van der Waals surface area contributed by atoms with Gasteiger partial charge in [-0.3, -0.25) is 9.69 Å². The molecule has 0 aromatic carbocycles. The lowest BCUT2D eigenvalue weighted by Crippen LogP contribution is -2.35. The lowest BCUT2D eigenvalue weighted by molar-refractivity contribution is 0.183. The fourth-order valence-electron chi connectivity index (χ4n) is 3.15. The first kappa shape index (κ1) is 16.7. The van der Waals surface area contributed by atoms with Crippen LogP contribution in [-0.2, 0) is 17.8 Å². The average Bonchev–Trinajstić information content (AvgIpc) is 3.46. The monoisotopic (exact) mass is 377 g/mol. The molecule has 1 aliphatic heterocycles. The maximum Gasteiger partial charge on any atom is 0.170 e. The Morgan fingerprint density at radius 3 is 3.00 bits per heavy atom. The number of methoxy groups -OCH3 is 1. The maximum absolute atomic E-state index is 5.10. The third kappa shape index (κ3) is 3.04. The molecule has 0 aliphatic carbocycles. The van der Waals surface area contributed by atoms with Gasteiger partial charge in [0.1, 0.15) is 6.33 Å². The van der Waals surface area contributed by atoms with Crippen LogP contribution in [0.4, 0.5) is 11.5 Å². The molecule has 4 aromatic heterocycles. The molecule has 5 rings (SSSR count). The van der Waals surface area contributed by atoms with Crippen molar-refractivity contribution in [2.24, 2.45) is 0 Å². The number of hydrogen-bond donors (Lipinski definition) is 2. The number of pyridine rings is 2. The minimum Gasteiger partial charge on any atom is -0.383 e. The van der Waals surface area contributed by atoms with Crippen LogP contribution in [0.15, 0.2) is 49.2 Å². The number of anilines is 2. The SMILES string of the molecule is COCCn1cc(-c2ccc3c(n2)N(Cc2ccc4ncnn4c2)NN3)cn1. The van der Waals surface area contributed by atoms with E-state index in [-0.39, 0.29) is 0 Å². The number of hydrogen-bond acceptors (Lipinski definition) is 8. The second kappa shape index (κ2) is 6.91. The van der Waals surface area contributed by atoms with Crippen LogP contribution >= 0.6 is 0 Å². The molecule has 0 fully saturated rings. The molecule has 0 saturated carbocycles. The summed E-state index contributed by atoms with van der Waals surface area (Å²) in [6, 6.07) is 7.98. The average molecular weight is 377 g/mol. The first-order valence-electron chi connectivity index (χ1n) is 8.90. The van der Waals surface area contributed by atoms with Gasteiger partial charge in [-0.2, -0.15) is 10.2 Å². The van der Waals surface area contributed by atoms with Crippen LogP contribution in [0.5, 0.6) is 0 Å². The number of nitrogens with zero attached hydrogens (tertiary/aromatic N) is 7. The second-order valence-electron chi connectivity index (χ2n) is 6.48. The van der Waals surface area contributed by atoms with E-state index in [9.17, 15) is 0 Å². The second-order valence-corrected chi connectivity index (χ2v) is 6.48. The summed E-state index contributed by atoms with van der Waals surface area (Å²) in [6.45, 7) is 1.96. The summed E-state index contributed by atoms with van der Waals surface area (Å²) in [5, 5.41) is 10.5. The van der Waals surface area contributed by atoms with Crippen LogP contribution in [0.3, 0.4) is 0 Å². The first-order valence-corrected chi connectivity index (χ1v) is 8.90. The Hall–Kier alpha value is -3.50. The largest absolute Gasteiger partial charge is 0.383 e. The van der Waals surface area contributed by atoms with Crippen molar-refractivity contribution in [3.8, 4) is 11.3 Å². The summed E-state index contributed by atoms with van der Waals surface area (Å²) in [5.41, 5.74) is 11.0. The van der Waals surface area contributed by atoms with E-state index in [0.717, 1.165) is 34.0 Å². The van der Waals surface area contributed by atoms with E-state index in [1.165, 1.54) is 0 Å². The molecule has 0 amide bonds. The van der Waals surface area contributed by atoms with Crippen molar-refractivity contribution < 1.29 is 4.74 Å². The van der Waals surface area contributed by atoms with Gasteiger partial charge in [-0.15, -0.1) is 5.53 Å². The van der Waals surface area contributed by atoms with E-state index in [0.29, 0.717) is 19.7 Å². The fraction of sp³-hybridized carbons (Fsp3) is 0.222. The van der Waals surface area contributed by atoms with Crippen molar-refractivity contribution in [2.75, 3.05) is 24.2 Å². The van der Waals surface area contributed by atoms with E-state index in [4.69, 9.17) is 9.72 Å². The zero-order valence-corrected chi connectivity index (χ0v) is 15.3. The zero-order valence-electron chi connectivity index (χ0n) is 15.3. The van der Waals surface area contributed by atoms with Gasteiger partial charge in [-0.1, -0.05) is 6.07 Å². The van der Waals surface area contributed by atoms with Gasteiger partial charge in [0, 0.05) is 25.1 Å². The molecular formula is C18H19N9O. The van der Waals surface area contributed by atoms with Gasteiger partial charge >= 0.3 is 0 Å². The van der Waals surface area contributed by atoms with Gasteiger partial charge in [0.25, 0.3) is 0 Å². The molecule has 0 bridgehead atoms. The van der Waals surface area contributed by atoms with E-state index in [2.05, 4.69) is 26.1 Å². The van der Waals surface area contributed by atoms with Crippen molar-refractivity contribution in [2.45, 2.75) is 13.1 Å². The number of hydrazine groups is 2. The molecule has 0 unspecified atom stereocenters. The van der Waals surface area contributed by atoms with Crippen molar-refractivity contribution in [1.82, 2.24) is 34.9 Å². The van der Waals surface area contributed by atoms with Crippen LogP contribution in [-0.4, -0.2) is 43.1 Å². The molecule has 142 valence electrons. The Morgan fingerprint density at radius 2 is 2.07 bits per heavy atom. The number of rotatable bonds is 6. The summed E-state index contributed by atoms with van der Waals surface area (Å²) in [4.78, 5) is 9.00. The van der Waals surface area contributed by atoms with Gasteiger partial charge in [-0.25, -0.2) is 14.5 Å². The van der Waals surface area contributed by atoms with E-state index in [1.54, 1.807) is 18.0 Å². The molecule has 1 aliphatic rings. The first-order chi connectivity index (χ1) is 13.8. The van der Waals surface area contributed by atoms with E-state index < -0.39 is 0 Å². The van der Waals surface area contributed by atoms with Crippen molar-refractivity contribution in [1.29, 1.82) is 0 Å². The Morgan fingerprint density at radius 1 is 1.11 bits per heavy atom. The maximum atomic E-state index is 5.10. The Kier molecular flexibility index (Phi) is 4.11. The predicted octanol–water partition coefficient (Wildman–Crippen LogP) is 1.49. The lowest BCUT2D eigenvalue weighted by Gasteiger charge is -2.17. The zero-order chi connectivity index (χ0) is 18.9. The Labute approximate surface area is 160 Å². The highest BCUT2D eigenvalue weighted by molar-refractivity contribution is 5.73. The number of ether oxygens (including phenoxy) is 1. The highest BCUT2D eigenvalue weighted by atomic mass is 16.5. The van der Waals surface area contributed by atoms with E-state index >= 15 is 0 Å². The van der Waals surface area contributed by atoms with Crippen LogP contribution in [0, 0.1) is 0 Å². The van der Waals surface area contributed by atoms with Gasteiger partial charge in [0.05, 0.1) is 37.3 Å². The predicted molar refractivity (Wildman–Crippen MR) is 103 cm³/mol. The lowest BCUT2D eigenvalue weighted by atomic mass is 10.2. The van der Waals surface area contributed by atoms with Crippen molar-refractivity contribution in [3.63, 3.8) is 0 Å². The van der Waals surface area contributed by atoms with Crippen molar-refractivity contribution >= 4 is 17.2 Å². The summed E-state index contributed by atoms with van der Waals surface area (Å²) in [5.74, 6) is 0.834. The smallest absolute Gasteiger partial charge is 0.170 e. The molecule has 5 heterocycles. The molecule has 4 aromatic rings. The number of nitrogens with one attached hydrogen (secondary N) is 2. The van der Waals surface area contributed by atoms with Crippen LogP contribution in [0.1, 0.15) is 5.56 Å². The van der Waals surface area contributed by atoms with Crippen LogP contribution in [0.25, 0.3) is 16.9 Å². The highest BCUT2D eigenvalue weighted by Gasteiger charge is 2.21. The van der Waals surface area contributed by atoms with Gasteiger partial charge in [0.15, 0.2) is 11.5 Å². The highest BCUT2D eigenvalue weighted by Crippen LogP contribution is 2.31. The third-order valence-corrected chi connectivity index (χ3v) is 4.59. The summed E-state index contributed by atoms with van der Waals surface area (Å²) < 4.78 is 8.72. The summed E-state index contributed by atoms with van der Waals surface area (Å²) in [7, 11) is 1.68. The Bertz CT molecular complexity index is 1120. The standard InChI is InChI=1S/C18H19N9O/c1-28-7-6-25-11-14(8-20-25)15-3-4-16-18(22-15)27(24-23-16)10-13-2-5-17-19-12-21-26(17)9-13/h2-5,8-9,11-12,23-24H,6-7,10H2,1H3. The molecule has 10 nitrogen and oxygen atoms in total. The molecule has 0 radical (unpaired) electrons. The number of aromatic nitrogens is 6. The normalized spacial score (nSPS) is 13.1. The minimum atomic E-state index is 0.621. The number of fused-ring (bicyclic) bond motifs is 2. The quantitative estimate of drug-likeness (QED) is 0.522. The topological polar surface area (TPSA) is 97.4 Å². The molecular weight excluding hydrogens is 358 g/mol. The summed E-state index contributed by atoms with van der Waals surface area (Å²) >= 11 is 0. The minimum absolute atomic E-state index is 0.621. The molecule has 0 spiro atoms. The van der Waals surface area contributed by atoms with Crippen LogP contribution in [0.2, 0.25) is 0 Å². The van der Waals surface area contributed by atoms with Gasteiger partial charge < -0.3 is 10.2 Å². The molecule has 10 heteroatoms. The molecule has 0 saturated heterocycles. The van der Waals surface area contributed by atoms with Gasteiger partial charge in [0.2, 0.25) is 0 Å². The fourth-order valence-corrected chi connectivity index (χ4v) is 3.15. The van der Waals surface area contributed by atoms with Crippen molar-refractivity contribution in [3.05, 3.63) is 54.7 Å². The molecule has 2 N–H and O–H groups in total. The Balaban J connectivity index is 1.39. The van der Waals surface area contributed by atoms with E-state index in [1.807, 2.05) is 52.5 Å². The summed E-state index contributed by atoms with van der Waals surface area (Å²) in [6.07, 6.45) is 7.31. The molecule has 0 atom stereocenters. The molecule has 28 heavy (non-hydrogen) atoms. The third-order valence-electron chi connectivity index (χ3n) is 4.59.